The number of hydrogen-bond acceptors (Lipinski definition) is 5. The lowest BCUT2D eigenvalue weighted by Gasteiger charge is -2.29. The summed E-state index contributed by atoms with van der Waals surface area (Å²) in [6, 6.07) is 19.8. The standard InChI is InChI=1S/C21H26O5/c1-21(22)19(25-14-17-11-7-4-8-12-17)18(26-20(21)23-2)15-24-13-16-9-5-3-6-10-16/h3-12,18-20,22H,13-15H2,1-2H3/t18-,19?,20-,21?/m1/s1. The fraction of sp³-hybridized carbons (Fsp3) is 0.429. The highest BCUT2D eigenvalue weighted by Gasteiger charge is 2.54. The highest BCUT2D eigenvalue weighted by molar-refractivity contribution is 5.14. The summed E-state index contributed by atoms with van der Waals surface area (Å²) in [4.78, 5) is 0. The van der Waals surface area contributed by atoms with Gasteiger partial charge in [-0.2, -0.15) is 0 Å². The molecule has 5 heteroatoms. The number of aliphatic hydroxyl groups is 1. The molecule has 0 bridgehead atoms. The van der Waals surface area contributed by atoms with Gasteiger partial charge in [0.1, 0.15) is 17.8 Å². The Hall–Kier alpha value is -1.76. The maximum atomic E-state index is 10.8. The van der Waals surface area contributed by atoms with Crippen LogP contribution in [0.25, 0.3) is 0 Å². The summed E-state index contributed by atoms with van der Waals surface area (Å²) in [5, 5.41) is 10.8. The first-order valence-electron chi connectivity index (χ1n) is 8.79. The first kappa shape index (κ1) is 19.0. The van der Waals surface area contributed by atoms with Gasteiger partial charge in [0, 0.05) is 7.11 Å². The fourth-order valence-electron chi connectivity index (χ4n) is 3.20. The van der Waals surface area contributed by atoms with E-state index in [2.05, 4.69) is 0 Å². The lowest BCUT2D eigenvalue weighted by Crippen LogP contribution is -2.48. The van der Waals surface area contributed by atoms with Gasteiger partial charge in [-0.3, -0.25) is 0 Å². The Bertz CT molecular complexity index is 659. The Kier molecular flexibility index (Phi) is 6.40. The topological polar surface area (TPSA) is 57.2 Å². The summed E-state index contributed by atoms with van der Waals surface area (Å²) in [6.07, 6.45) is -1.72. The lowest BCUT2D eigenvalue weighted by molar-refractivity contribution is -0.190. The van der Waals surface area contributed by atoms with Crippen LogP contribution in [-0.4, -0.2) is 42.9 Å². The van der Waals surface area contributed by atoms with Crippen molar-refractivity contribution >= 4 is 0 Å². The predicted octanol–water partition coefficient (Wildman–Crippen LogP) is 2.91. The second-order valence-electron chi connectivity index (χ2n) is 6.69. The number of ether oxygens (including phenoxy) is 4. The predicted molar refractivity (Wildman–Crippen MR) is 97.4 cm³/mol. The highest BCUT2D eigenvalue weighted by atomic mass is 16.7. The number of benzene rings is 2. The summed E-state index contributed by atoms with van der Waals surface area (Å²) in [7, 11) is 1.51. The van der Waals surface area contributed by atoms with Crippen molar-refractivity contribution in [3.8, 4) is 0 Å². The van der Waals surface area contributed by atoms with Crippen LogP contribution in [0.15, 0.2) is 60.7 Å². The van der Waals surface area contributed by atoms with E-state index >= 15 is 0 Å². The van der Waals surface area contributed by atoms with Gasteiger partial charge in [0.05, 0.1) is 19.8 Å². The average Bonchev–Trinajstić information content (AvgIpc) is 2.91. The monoisotopic (exact) mass is 358 g/mol. The van der Waals surface area contributed by atoms with Crippen LogP contribution in [0.4, 0.5) is 0 Å². The molecule has 3 rings (SSSR count). The van der Waals surface area contributed by atoms with Crippen LogP contribution in [0, 0.1) is 0 Å². The third-order valence-corrected chi connectivity index (χ3v) is 4.57. The molecule has 2 aromatic carbocycles. The van der Waals surface area contributed by atoms with Crippen LogP contribution >= 0.6 is 0 Å². The quantitative estimate of drug-likeness (QED) is 0.786. The van der Waals surface area contributed by atoms with Gasteiger partial charge in [0.15, 0.2) is 6.29 Å². The Labute approximate surface area is 154 Å². The molecule has 5 nitrogen and oxygen atoms in total. The van der Waals surface area contributed by atoms with Crippen molar-refractivity contribution in [1.29, 1.82) is 0 Å². The van der Waals surface area contributed by atoms with Crippen LogP contribution in [0.5, 0.6) is 0 Å². The maximum absolute atomic E-state index is 10.8. The minimum atomic E-state index is -1.26. The van der Waals surface area contributed by atoms with Crippen LogP contribution < -0.4 is 0 Å². The van der Waals surface area contributed by atoms with Crippen molar-refractivity contribution < 1.29 is 24.1 Å². The van der Waals surface area contributed by atoms with E-state index in [4.69, 9.17) is 18.9 Å². The first-order valence-corrected chi connectivity index (χ1v) is 8.79. The average molecular weight is 358 g/mol. The molecule has 1 N–H and O–H groups in total. The van der Waals surface area contributed by atoms with E-state index < -0.39 is 24.1 Å². The van der Waals surface area contributed by atoms with Crippen LogP contribution in [0.1, 0.15) is 18.1 Å². The molecule has 0 radical (unpaired) electrons. The molecule has 0 aromatic heterocycles. The molecule has 2 unspecified atom stereocenters. The second-order valence-corrected chi connectivity index (χ2v) is 6.69. The first-order chi connectivity index (χ1) is 12.6. The fourth-order valence-corrected chi connectivity index (χ4v) is 3.20. The molecule has 0 aliphatic carbocycles. The SMILES string of the molecule is CO[C@@H]1O[C@H](COCc2ccccc2)C(OCc2ccccc2)C1(C)O. The molecule has 1 aliphatic rings. The van der Waals surface area contributed by atoms with Crippen LogP contribution in [-0.2, 0) is 32.2 Å². The molecule has 1 heterocycles. The molecule has 140 valence electrons. The number of rotatable bonds is 8. The van der Waals surface area contributed by atoms with Crippen molar-refractivity contribution in [2.24, 2.45) is 0 Å². The Balaban J connectivity index is 1.61. The van der Waals surface area contributed by atoms with Crippen LogP contribution in [0.2, 0.25) is 0 Å². The zero-order valence-electron chi connectivity index (χ0n) is 15.2. The van der Waals surface area contributed by atoms with Crippen LogP contribution in [0.3, 0.4) is 0 Å². The van der Waals surface area contributed by atoms with E-state index in [1.54, 1.807) is 6.92 Å². The summed E-state index contributed by atoms with van der Waals surface area (Å²) in [5.41, 5.74) is 0.861. The van der Waals surface area contributed by atoms with Crippen molar-refractivity contribution in [3.63, 3.8) is 0 Å². The molecule has 4 atom stereocenters. The number of hydrogen-bond donors (Lipinski definition) is 1. The molecule has 1 saturated heterocycles. The number of methoxy groups -OCH3 is 1. The largest absolute Gasteiger partial charge is 0.382 e. The van der Waals surface area contributed by atoms with E-state index in [9.17, 15) is 5.11 Å². The van der Waals surface area contributed by atoms with Gasteiger partial charge < -0.3 is 24.1 Å². The molecule has 0 saturated carbocycles. The summed E-state index contributed by atoms with van der Waals surface area (Å²) < 4.78 is 23.0. The van der Waals surface area contributed by atoms with Gasteiger partial charge in [0.25, 0.3) is 0 Å². The molecule has 1 aliphatic heterocycles. The van der Waals surface area contributed by atoms with Crippen molar-refractivity contribution in [2.75, 3.05) is 13.7 Å². The van der Waals surface area contributed by atoms with Gasteiger partial charge in [-0.1, -0.05) is 60.7 Å². The second kappa shape index (κ2) is 8.75. The van der Waals surface area contributed by atoms with Crippen molar-refractivity contribution in [1.82, 2.24) is 0 Å². The summed E-state index contributed by atoms with van der Waals surface area (Å²) in [5.74, 6) is 0. The van der Waals surface area contributed by atoms with Gasteiger partial charge in [-0.05, 0) is 18.1 Å². The minimum absolute atomic E-state index is 0.310. The zero-order chi connectivity index (χ0) is 18.4. The minimum Gasteiger partial charge on any atom is -0.382 e. The van der Waals surface area contributed by atoms with Gasteiger partial charge in [0.2, 0.25) is 0 Å². The van der Waals surface area contributed by atoms with E-state index in [-0.39, 0.29) is 0 Å². The Morgan fingerprint density at radius 2 is 1.54 bits per heavy atom. The molecular formula is C21H26O5. The third-order valence-electron chi connectivity index (χ3n) is 4.57. The summed E-state index contributed by atoms with van der Waals surface area (Å²) >= 11 is 0. The normalized spacial score (nSPS) is 28.3. The van der Waals surface area contributed by atoms with Crippen molar-refractivity contribution in [2.45, 2.75) is 44.2 Å². The van der Waals surface area contributed by atoms with E-state index in [1.165, 1.54) is 7.11 Å². The van der Waals surface area contributed by atoms with E-state index in [0.717, 1.165) is 11.1 Å². The van der Waals surface area contributed by atoms with Gasteiger partial charge >= 0.3 is 0 Å². The van der Waals surface area contributed by atoms with E-state index in [1.807, 2.05) is 60.7 Å². The molecule has 0 spiro atoms. The Morgan fingerprint density at radius 3 is 2.12 bits per heavy atom. The Morgan fingerprint density at radius 1 is 0.962 bits per heavy atom. The smallest absolute Gasteiger partial charge is 0.188 e. The zero-order valence-corrected chi connectivity index (χ0v) is 15.2. The highest BCUT2D eigenvalue weighted by Crippen LogP contribution is 2.34. The lowest BCUT2D eigenvalue weighted by atomic mass is 9.97. The molecule has 1 fully saturated rings. The van der Waals surface area contributed by atoms with Crippen molar-refractivity contribution in [3.05, 3.63) is 71.8 Å². The molecule has 0 amide bonds. The van der Waals surface area contributed by atoms with Gasteiger partial charge in [-0.25, -0.2) is 0 Å². The maximum Gasteiger partial charge on any atom is 0.188 e. The third kappa shape index (κ3) is 4.50. The summed E-state index contributed by atoms with van der Waals surface area (Å²) in [6.45, 7) is 2.85. The molecular weight excluding hydrogens is 332 g/mol. The van der Waals surface area contributed by atoms with E-state index in [0.29, 0.717) is 19.8 Å². The molecule has 26 heavy (non-hydrogen) atoms. The molecule has 2 aromatic rings. The van der Waals surface area contributed by atoms with Gasteiger partial charge in [-0.15, -0.1) is 0 Å².